The first kappa shape index (κ1) is 19.2. The Morgan fingerprint density at radius 1 is 0.971 bits per heavy atom. The molecule has 0 atom stereocenters. The van der Waals surface area contributed by atoms with Gasteiger partial charge < -0.3 is 20.9 Å². The predicted molar refractivity (Wildman–Crippen MR) is 124 cm³/mol. The molecule has 1 spiro atoms. The number of nitrogens with one attached hydrogen (secondary N) is 4. The van der Waals surface area contributed by atoms with E-state index in [0.717, 1.165) is 33.5 Å². The van der Waals surface area contributed by atoms with Crippen LogP contribution < -0.4 is 27.0 Å². The number of benzene rings is 2. The Bertz CT molecular complexity index is 1500. The van der Waals surface area contributed by atoms with Crippen molar-refractivity contribution in [2.24, 2.45) is 0 Å². The molecule has 3 aliphatic heterocycles. The molecule has 4 heterocycles. The van der Waals surface area contributed by atoms with E-state index in [0.29, 0.717) is 25.1 Å². The lowest BCUT2D eigenvalue weighted by Gasteiger charge is -2.27. The van der Waals surface area contributed by atoms with Crippen molar-refractivity contribution in [3.05, 3.63) is 51.9 Å². The van der Waals surface area contributed by atoms with E-state index in [4.69, 9.17) is 0 Å². The van der Waals surface area contributed by atoms with Crippen LogP contribution in [-0.4, -0.2) is 50.6 Å². The normalized spacial score (nSPS) is 19.8. The van der Waals surface area contributed by atoms with Gasteiger partial charge in [0, 0.05) is 19.9 Å². The molecule has 0 radical (unpaired) electrons. The fourth-order valence-corrected chi connectivity index (χ4v) is 5.81. The van der Waals surface area contributed by atoms with Crippen molar-refractivity contribution in [3.63, 3.8) is 0 Å². The Hall–Kier alpha value is -4.28. The Kier molecular flexibility index (Phi) is 3.50. The minimum atomic E-state index is -0.863. The van der Waals surface area contributed by atoms with E-state index in [1.807, 2.05) is 24.3 Å². The summed E-state index contributed by atoms with van der Waals surface area (Å²) in [5.74, 6) is -0.462. The highest BCUT2D eigenvalue weighted by atomic mass is 16.2. The van der Waals surface area contributed by atoms with Crippen LogP contribution in [0.4, 0.5) is 21.9 Å². The number of amides is 4. The quantitative estimate of drug-likeness (QED) is 0.416. The lowest BCUT2D eigenvalue weighted by molar-refractivity contribution is -0.125. The molecule has 1 saturated heterocycles. The van der Waals surface area contributed by atoms with Gasteiger partial charge in [-0.1, -0.05) is 6.07 Å². The van der Waals surface area contributed by atoms with Gasteiger partial charge in [-0.2, -0.15) is 0 Å². The average Bonchev–Trinajstić information content (AvgIpc) is 3.50. The summed E-state index contributed by atoms with van der Waals surface area (Å²) in [6, 6.07) is 9.19. The SMILES string of the molecule is CN1C(=O)NC(=O)C12Cc1cc3c(cc1C2)NC(Cn1c(=O)n2c4c(cccc41)NC(=O)C2)N3. The molecule has 34 heavy (non-hydrogen) atoms. The number of anilines is 3. The molecule has 4 N–H and O–H groups in total. The van der Waals surface area contributed by atoms with Crippen molar-refractivity contribution in [2.75, 3.05) is 23.0 Å². The van der Waals surface area contributed by atoms with Crippen LogP contribution in [0.25, 0.3) is 11.0 Å². The number of imide groups is 1. The molecular formula is C23H21N7O4. The second-order valence-electron chi connectivity index (χ2n) is 9.41. The Balaban J connectivity index is 1.18. The summed E-state index contributed by atoms with van der Waals surface area (Å²) in [7, 11) is 1.66. The first-order chi connectivity index (χ1) is 16.3. The van der Waals surface area contributed by atoms with E-state index >= 15 is 0 Å². The molecule has 7 rings (SSSR count). The molecule has 0 bridgehead atoms. The lowest BCUT2D eigenvalue weighted by Crippen LogP contribution is -2.48. The maximum Gasteiger partial charge on any atom is 0.329 e. The third kappa shape index (κ3) is 2.35. The number of hydrogen-bond donors (Lipinski definition) is 4. The number of fused-ring (bicyclic) bond motifs is 2. The van der Waals surface area contributed by atoms with Crippen LogP contribution in [0.15, 0.2) is 35.1 Å². The Morgan fingerprint density at radius 3 is 2.32 bits per heavy atom. The van der Waals surface area contributed by atoms with Crippen LogP contribution in [0, 0.1) is 0 Å². The fraction of sp³-hybridized carbons (Fsp3) is 0.304. The van der Waals surface area contributed by atoms with Crippen LogP contribution >= 0.6 is 0 Å². The van der Waals surface area contributed by atoms with Gasteiger partial charge in [0.1, 0.15) is 18.2 Å². The molecule has 1 aromatic heterocycles. The molecule has 4 amide bonds. The van der Waals surface area contributed by atoms with Crippen LogP contribution in [0.3, 0.4) is 0 Å². The molecule has 4 aliphatic rings. The summed E-state index contributed by atoms with van der Waals surface area (Å²) in [5.41, 5.74) is 4.91. The summed E-state index contributed by atoms with van der Waals surface area (Å²) >= 11 is 0. The predicted octanol–water partition coefficient (Wildman–Crippen LogP) is 0.638. The second-order valence-corrected chi connectivity index (χ2v) is 9.41. The smallest absolute Gasteiger partial charge is 0.329 e. The fourth-order valence-electron chi connectivity index (χ4n) is 5.81. The topological polar surface area (TPSA) is 130 Å². The lowest BCUT2D eigenvalue weighted by atomic mass is 9.95. The Morgan fingerprint density at radius 2 is 1.68 bits per heavy atom. The van der Waals surface area contributed by atoms with Crippen molar-refractivity contribution in [2.45, 2.75) is 37.6 Å². The van der Waals surface area contributed by atoms with Gasteiger partial charge in [0.15, 0.2) is 0 Å². The van der Waals surface area contributed by atoms with Gasteiger partial charge in [0.05, 0.1) is 34.6 Å². The number of nitrogens with zero attached hydrogens (tertiary/aromatic N) is 3. The molecule has 1 aliphatic carbocycles. The van der Waals surface area contributed by atoms with Gasteiger partial charge in [-0.05, 0) is 35.4 Å². The summed E-state index contributed by atoms with van der Waals surface area (Å²) < 4.78 is 3.20. The van der Waals surface area contributed by atoms with Crippen molar-refractivity contribution < 1.29 is 14.4 Å². The minimum absolute atomic E-state index is 0.00406. The van der Waals surface area contributed by atoms with E-state index < -0.39 is 5.54 Å². The zero-order valence-electron chi connectivity index (χ0n) is 18.3. The number of urea groups is 1. The van der Waals surface area contributed by atoms with Gasteiger partial charge >= 0.3 is 11.7 Å². The number of likely N-dealkylation sites (N-methyl/N-ethyl adjacent to an activating group) is 1. The van der Waals surface area contributed by atoms with Gasteiger partial charge in [0.25, 0.3) is 5.91 Å². The maximum atomic E-state index is 13.1. The van der Waals surface area contributed by atoms with Crippen LogP contribution in [0.2, 0.25) is 0 Å². The molecular weight excluding hydrogens is 438 g/mol. The highest BCUT2D eigenvalue weighted by Gasteiger charge is 2.54. The highest BCUT2D eigenvalue weighted by Crippen LogP contribution is 2.42. The highest BCUT2D eigenvalue weighted by molar-refractivity contribution is 6.08. The number of hydrogen-bond acceptors (Lipinski definition) is 6. The van der Waals surface area contributed by atoms with Gasteiger partial charge in [-0.15, -0.1) is 0 Å². The van der Waals surface area contributed by atoms with E-state index in [1.54, 1.807) is 17.7 Å². The standard InChI is InChI=1S/C23H21N7O4/c1-28-21(33)27-20(32)23(28)7-11-5-14-15(6-12(11)8-23)25-17(24-14)9-29-16-4-2-3-13-19(16)30(22(29)34)10-18(31)26-13/h2-6,17,24-25H,7-10H2,1H3,(H,26,31)(H,27,32,33). The largest absolute Gasteiger partial charge is 0.362 e. The number of carbonyl (C=O) groups is 3. The molecule has 0 saturated carbocycles. The summed E-state index contributed by atoms with van der Waals surface area (Å²) in [4.78, 5) is 51.2. The second kappa shape index (κ2) is 6.19. The molecule has 2 aromatic carbocycles. The van der Waals surface area contributed by atoms with Crippen LogP contribution in [-0.2, 0) is 35.5 Å². The third-order valence-electron chi connectivity index (χ3n) is 7.53. The van der Waals surface area contributed by atoms with E-state index in [-0.39, 0.29) is 36.2 Å². The number of aromatic nitrogens is 2. The number of rotatable bonds is 2. The van der Waals surface area contributed by atoms with Crippen LogP contribution in [0.1, 0.15) is 11.1 Å². The average molecular weight is 459 g/mol. The first-order valence-electron chi connectivity index (χ1n) is 11.1. The molecule has 0 unspecified atom stereocenters. The minimum Gasteiger partial charge on any atom is -0.362 e. The zero-order chi connectivity index (χ0) is 23.4. The van der Waals surface area contributed by atoms with Crippen molar-refractivity contribution >= 4 is 45.9 Å². The van der Waals surface area contributed by atoms with E-state index in [1.165, 1.54) is 9.47 Å². The van der Waals surface area contributed by atoms with E-state index in [9.17, 15) is 19.2 Å². The van der Waals surface area contributed by atoms with Gasteiger partial charge in [-0.3, -0.25) is 24.0 Å². The first-order valence-corrected chi connectivity index (χ1v) is 11.1. The summed E-state index contributed by atoms with van der Waals surface area (Å²) in [5, 5.41) is 12.1. The van der Waals surface area contributed by atoms with Gasteiger partial charge in [-0.25, -0.2) is 9.59 Å². The Labute approximate surface area is 192 Å². The number of carbonyl (C=O) groups excluding carboxylic acids is 3. The van der Waals surface area contributed by atoms with Crippen LogP contribution in [0.5, 0.6) is 0 Å². The molecule has 172 valence electrons. The van der Waals surface area contributed by atoms with Crippen molar-refractivity contribution in [3.8, 4) is 0 Å². The summed E-state index contributed by atoms with van der Waals surface area (Å²) in [6.07, 6.45) is 0.704. The molecule has 11 nitrogen and oxygen atoms in total. The van der Waals surface area contributed by atoms with Gasteiger partial charge in [0.2, 0.25) is 5.91 Å². The molecule has 11 heteroatoms. The monoisotopic (exact) mass is 459 g/mol. The third-order valence-corrected chi connectivity index (χ3v) is 7.53. The van der Waals surface area contributed by atoms with Crippen molar-refractivity contribution in [1.29, 1.82) is 0 Å². The van der Waals surface area contributed by atoms with E-state index in [2.05, 4.69) is 21.3 Å². The van der Waals surface area contributed by atoms with Crippen molar-refractivity contribution in [1.82, 2.24) is 19.4 Å². The molecule has 1 fully saturated rings. The number of imidazole rings is 1. The summed E-state index contributed by atoms with van der Waals surface area (Å²) in [6.45, 7) is 0.368. The number of para-hydroxylation sites is 1. The molecule has 3 aromatic rings. The zero-order valence-corrected chi connectivity index (χ0v) is 18.3. The maximum absolute atomic E-state index is 13.1.